The summed E-state index contributed by atoms with van der Waals surface area (Å²) in [5.41, 5.74) is 1.12. The number of anilines is 1. The summed E-state index contributed by atoms with van der Waals surface area (Å²) in [5, 5.41) is 9.23. The molecular weight excluding hydrogens is 363 g/mol. The molecule has 0 spiro atoms. The van der Waals surface area contributed by atoms with Crippen LogP contribution in [0.2, 0.25) is 0 Å². The van der Waals surface area contributed by atoms with Gasteiger partial charge in [0.15, 0.2) is 11.1 Å². The Hall–Kier alpha value is -2.29. The molecule has 1 aromatic heterocycles. The minimum Gasteiger partial charge on any atom is -0.356 e. The lowest BCUT2D eigenvalue weighted by atomic mass is 10.1. The third-order valence-corrected chi connectivity index (χ3v) is 4.63. The molecule has 2 aromatic rings. The highest BCUT2D eigenvalue weighted by Gasteiger charge is 2.29. The predicted octanol–water partition coefficient (Wildman–Crippen LogP) is 3.14. The average Bonchev–Trinajstić information content (AvgIpc) is 3.07. The zero-order valence-electron chi connectivity index (χ0n) is 14.9. The van der Waals surface area contributed by atoms with E-state index < -0.39 is 11.7 Å². The predicted molar refractivity (Wildman–Crippen MR) is 99.8 cm³/mol. The largest absolute Gasteiger partial charge is 0.416 e. The van der Waals surface area contributed by atoms with Gasteiger partial charge in [0.1, 0.15) is 0 Å². The van der Waals surface area contributed by atoms with Gasteiger partial charge in [-0.1, -0.05) is 12.1 Å². The van der Waals surface area contributed by atoms with Crippen molar-refractivity contribution in [1.29, 1.82) is 0 Å². The molecule has 1 heterocycles. The fourth-order valence-electron chi connectivity index (χ4n) is 2.16. The number of nitrogens with one attached hydrogen (secondary N) is 2. The van der Waals surface area contributed by atoms with E-state index in [1.165, 1.54) is 12.1 Å². The van der Waals surface area contributed by atoms with Crippen LogP contribution in [0, 0.1) is 0 Å². The van der Waals surface area contributed by atoms with Gasteiger partial charge in [0.2, 0.25) is 0 Å². The van der Waals surface area contributed by atoms with Gasteiger partial charge in [-0.25, -0.2) is 4.98 Å². The number of rotatable bonds is 6. The molecule has 2 N–H and O–H groups in total. The van der Waals surface area contributed by atoms with E-state index in [1.807, 2.05) is 24.4 Å². The molecule has 0 aliphatic heterocycles. The van der Waals surface area contributed by atoms with Gasteiger partial charge in [0.25, 0.3) is 0 Å². The second-order valence-corrected chi connectivity index (χ2v) is 6.65. The minimum atomic E-state index is -4.30. The van der Waals surface area contributed by atoms with Crippen LogP contribution < -0.4 is 15.5 Å². The summed E-state index contributed by atoms with van der Waals surface area (Å²) in [4.78, 5) is 10.6. The molecule has 0 atom stereocenters. The van der Waals surface area contributed by atoms with Crippen molar-refractivity contribution in [2.75, 3.05) is 32.6 Å². The second-order valence-electron chi connectivity index (χ2n) is 5.81. The Labute approximate surface area is 155 Å². The Balaban J connectivity index is 1.78. The Morgan fingerprint density at radius 3 is 2.42 bits per heavy atom. The van der Waals surface area contributed by atoms with E-state index in [9.17, 15) is 13.2 Å². The first-order chi connectivity index (χ1) is 12.3. The highest BCUT2D eigenvalue weighted by Crippen LogP contribution is 2.29. The van der Waals surface area contributed by atoms with Crippen molar-refractivity contribution in [1.82, 2.24) is 15.6 Å². The smallest absolute Gasteiger partial charge is 0.356 e. The van der Waals surface area contributed by atoms with E-state index in [0.29, 0.717) is 25.5 Å². The average molecular weight is 385 g/mol. The summed E-state index contributed by atoms with van der Waals surface area (Å²) in [6, 6.07) is 5.21. The van der Waals surface area contributed by atoms with Gasteiger partial charge >= 0.3 is 6.18 Å². The summed E-state index contributed by atoms with van der Waals surface area (Å²) in [6.07, 6.45) is -3.70. The van der Waals surface area contributed by atoms with Crippen LogP contribution in [-0.2, 0) is 19.1 Å². The number of benzene rings is 1. The molecule has 2 rings (SSSR count). The molecule has 0 aliphatic rings. The van der Waals surface area contributed by atoms with Crippen molar-refractivity contribution in [3.8, 4) is 0 Å². The van der Waals surface area contributed by atoms with Crippen LogP contribution in [0.5, 0.6) is 0 Å². The quantitative estimate of drug-likeness (QED) is 0.593. The van der Waals surface area contributed by atoms with Crippen molar-refractivity contribution in [3.05, 3.63) is 46.5 Å². The molecule has 0 aliphatic carbocycles. The lowest BCUT2D eigenvalue weighted by Gasteiger charge is -2.12. The number of nitrogens with zero attached hydrogens (tertiary/aromatic N) is 3. The molecule has 0 fully saturated rings. The molecule has 1 aromatic carbocycles. The van der Waals surface area contributed by atoms with E-state index in [2.05, 4.69) is 20.6 Å². The van der Waals surface area contributed by atoms with E-state index in [4.69, 9.17) is 0 Å². The summed E-state index contributed by atoms with van der Waals surface area (Å²) in [7, 11) is 5.55. The Morgan fingerprint density at radius 2 is 1.88 bits per heavy atom. The van der Waals surface area contributed by atoms with Crippen LogP contribution >= 0.6 is 11.3 Å². The van der Waals surface area contributed by atoms with Crippen LogP contribution in [0.3, 0.4) is 0 Å². The molecular formula is C17H22F3N5S. The van der Waals surface area contributed by atoms with Crippen LogP contribution in [0.4, 0.5) is 18.3 Å². The number of guanidine groups is 1. The first-order valence-corrected chi connectivity index (χ1v) is 8.90. The summed E-state index contributed by atoms with van der Waals surface area (Å²) in [6.45, 7) is 1.11. The van der Waals surface area contributed by atoms with Gasteiger partial charge in [-0.05, 0) is 24.1 Å². The standard InChI is InChI=1S/C17H22F3N5S/c1-21-15(23-10-14-11-26-16(24-14)25(2)3)22-9-8-12-4-6-13(7-5-12)17(18,19)20/h4-7,11H,8-10H2,1-3H3,(H2,21,22,23). The van der Waals surface area contributed by atoms with Gasteiger partial charge in [-0.3, -0.25) is 4.99 Å². The fourth-order valence-corrected chi connectivity index (χ4v) is 2.92. The number of thiazole rings is 1. The van der Waals surface area contributed by atoms with Gasteiger partial charge < -0.3 is 15.5 Å². The van der Waals surface area contributed by atoms with Crippen molar-refractivity contribution < 1.29 is 13.2 Å². The van der Waals surface area contributed by atoms with E-state index >= 15 is 0 Å². The maximum Gasteiger partial charge on any atom is 0.416 e. The van der Waals surface area contributed by atoms with Crippen LogP contribution in [0.25, 0.3) is 0 Å². The zero-order valence-corrected chi connectivity index (χ0v) is 15.7. The Kier molecular flexibility index (Phi) is 6.84. The number of aliphatic imine (C=N–C) groups is 1. The first-order valence-electron chi connectivity index (χ1n) is 8.02. The van der Waals surface area contributed by atoms with Crippen LogP contribution in [0.15, 0.2) is 34.6 Å². The van der Waals surface area contributed by atoms with Gasteiger partial charge in [0.05, 0.1) is 17.8 Å². The van der Waals surface area contributed by atoms with Crippen molar-refractivity contribution in [2.45, 2.75) is 19.1 Å². The third kappa shape index (κ3) is 5.91. The number of hydrogen-bond donors (Lipinski definition) is 2. The molecule has 0 radical (unpaired) electrons. The molecule has 0 unspecified atom stereocenters. The van der Waals surface area contributed by atoms with Crippen molar-refractivity contribution >= 4 is 22.4 Å². The SMILES string of the molecule is CN=C(NCCc1ccc(C(F)(F)F)cc1)NCc1csc(N(C)C)n1. The molecule has 142 valence electrons. The maximum absolute atomic E-state index is 12.6. The maximum atomic E-state index is 12.6. The lowest BCUT2D eigenvalue weighted by Crippen LogP contribution is -2.37. The molecule has 0 bridgehead atoms. The van der Waals surface area contributed by atoms with E-state index in [0.717, 1.165) is 28.5 Å². The molecule has 5 nitrogen and oxygen atoms in total. The molecule has 26 heavy (non-hydrogen) atoms. The van der Waals surface area contributed by atoms with Crippen LogP contribution in [-0.4, -0.2) is 38.6 Å². The van der Waals surface area contributed by atoms with Crippen molar-refractivity contribution in [2.24, 2.45) is 4.99 Å². The normalized spacial score (nSPS) is 12.2. The molecule has 0 saturated heterocycles. The highest BCUT2D eigenvalue weighted by molar-refractivity contribution is 7.13. The van der Waals surface area contributed by atoms with Gasteiger partial charge in [0, 0.05) is 33.1 Å². The Bertz CT molecular complexity index is 723. The monoisotopic (exact) mass is 385 g/mol. The summed E-state index contributed by atoms with van der Waals surface area (Å²) in [5.74, 6) is 0.622. The van der Waals surface area contributed by atoms with Crippen molar-refractivity contribution in [3.63, 3.8) is 0 Å². The molecule has 0 saturated carbocycles. The number of halogens is 3. The highest BCUT2D eigenvalue weighted by atomic mass is 32.1. The third-order valence-electron chi connectivity index (χ3n) is 3.57. The Morgan fingerprint density at radius 1 is 1.19 bits per heavy atom. The molecule has 9 heteroatoms. The fraction of sp³-hybridized carbons (Fsp3) is 0.412. The zero-order chi connectivity index (χ0) is 19.2. The number of hydrogen-bond acceptors (Lipinski definition) is 4. The van der Waals surface area contributed by atoms with Gasteiger partial charge in [-0.2, -0.15) is 13.2 Å². The molecule has 0 amide bonds. The first kappa shape index (κ1) is 20.0. The van der Waals surface area contributed by atoms with Crippen LogP contribution in [0.1, 0.15) is 16.8 Å². The van der Waals surface area contributed by atoms with E-state index in [-0.39, 0.29) is 0 Å². The number of aromatic nitrogens is 1. The summed E-state index contributed by atoms with van der Waals surface area (Å²) >= 11 is 1.57. The topological polar surface area (TPSA) is 52.6 Å². The van der Waals surface area contributed by atoms with Gasteiger partial charge in [-0.15, -0.1) is 11.3 Å². The minimum absolute atomic E-state index is 0.546. The lowest BCUT2D eigenvalue weighted by molar-refractivity contribution is -0.137. The van der Waals surface area contributed by atoms with E-state index in [1.54, 1.807) is 18.4 Å². The number of alkyl halides is 3. The second kappa shape index (κ2) is 8.88. The summed E-state index contributed by atoms with van der Waals surface area (Å²) < 4.78 is 37.7.